The molecule has 2 aliphatic rings. The number of rotatable bonds is 0. The Labute approximate surface area is 117 Å². The van der Waals surface area contributed by atoms with Crippen LogP contribution >= 0.6 is 12.4 Å². The number of piperidine rings is 2. The molecule has 0 saturated carbocycles. The zero-order valence-electron chi connectivity index (χ0n) is 11.9. The maximum atomic E-state index is 12.2. The Kier molecular flexibility index (Phi) is 5.07. The summed E-state index contributed by atoms with van der Waals surface area (Å²) < 4.78 is 0. The lowest BCUT2D eigenvalue weighted by molar-refractivity contribution is -0.142. The highest BCUT2D eigenvalue weighted by Crippen LogP contribution is 2.40. The number of amides is 1. The second kappa shape index (κ2) is 5.79. The normalized spacial score (nSPS) is 23.6. The number of carbonyl (C=O) groups is 1. The lowest BCUT2D eigenvalue weighted by atomic mass is 9.71. The van der Waals surface area contributed by atoms with E-state index in [0.29, 0.717) is 11.3 Å². The average Bonchev–Trinajstić information content (AvgIpc) is 2.29. The lowest BCUT2D eigenvalue weighted by Gasteiger charge is -2.45. The molecule has 2 fully saturated rings. The minimum atomic E-state index is -0.224. The predicted molar refractivity (Wildman–Crippen MR) is 77.1 cm³/mol. The van der Waals surface area contributed by atoms with Gasteiger partial charge >= 0.3 is 0 Å². The Bertz CT molecular complexity index is 283. The van der Waals surface area contributed by atoms with Crippen LogP contribution in [0.4, 0.5) is 0 Å². The minimum absolute atomic E-state index is 0. The summed E-state index contributed by atoms with van der Waals surface area (Å²) in [6, 6.07) is 0. The highest BCUT2D eigenvalue weighted by atomic mass is 35.5. The number of likely N-dealkylation sites (tertiary alicyclic amines) is 1. The van der Waals surface area contributed by atoms with Crippen molar-refractivity contribution >= 4 is 18.3 Å². The van der Waals surface area contributed by atoms with Crippen molar-refractivity contribution in [2.45, 2.75) is 46.5 Å². The van der Waals surface area contributed by atoms with Gasteiger partial charge in [-0.3, -0.25) is 4.79 Å². The lowest BCUT2D eigenvalue weighted by Crippen LogP contribution is -2.49. The van der Waals surface area contributed by atoms with Crippen LogP contribution in [0.15, 0.2) is 0 Å². The third kappa shape index (κ3) is 3.39. The predicted octanol–water partition coefficient (Wildman–Crippen LogP) is 2.45. The third-order valence-electron chi connectivity index (χ3n) is 4.42. The maximum Gasteiger partial charge on any atom is 0.227 e. The minimum Gasteiger partial charge on any atom is -0.342 e. The van der Waals surface area contributed by atoms with Gasteiger partial charge in [0, 0.05) is 18.5 Å². The van der Waals surface area contributed by atoms with Crippen molar-refractivity contribution in [1.82, 2.24) is 10.2 Å². The molecule has 1 amide bonds. The van der Waals surface area contributed by atoms with E-state index >= 15 is 0 Å². The van der Waals surface area contributed by atoms with Gasteiger partial charge in [-0.15, -0.1) is 12.4 Å². The van der Waals surface area contributed by atoms with Crippen LogP contribution in [0.1, 0.15) is 46.5 Å². The van der Waals surface area contributed by atoms with Crippen molar-refractivity contribution in [3.8, 4) is 0 Å². The van der Waals surface area contributed by atoms with Crippen LogP contribution in [0, 0.1) is 10.8 Å². The molecular weight excluding hydrogens is 248 g/mol. The molecule has 0 aromatic carbocycles. The van der Waals surface area contributed by atoms with Gasteiger partial charge in [0.05, 0.1) is 0 Å². The van der Waals surface area contributed by atoms with Gasteiger partial charge in [-0.25, -0.2) is 0 Å². The SMILES string of the molecule is CC(C)(C)C(=O)N1CCC2(CCNCC2)CC1.Cl. The summed E-state index contributed by atoms with van der Waals surface area (Å²) in [6.45, 7) is 10.3. The third-order valence-corrected chi connectivity index (χ3v) is 4.42. The van der Waals surface area contributed by atoms with Crippen LogP contribution in [-0.2, 0) is 4.79 Å². The second-order valence-corrected chi connectivity index (χ2v) is 6.79. The quantitative estimate of drug-likeness (QED) is 0.736. The van der Waals surface area contributed by atoms with Crippen molar-refractivity contribution in [2.75, 3.05) is 26.2 Å². The molecule has 2 heterocycles. The van der Waals surface area contributed by atoms with E-state index in [9.17, 15) is 4.79 Å². The van der Waals surface area contributed by atoms with E-state index < -0.39 is 0 Å². The number of hydrogen-bond acceptors (Lipinski definition) is 2. The first-order chi connectivity index (χ1) is 7.93. The number of nitrogens with zero attached hydrogens (tertiary/aromatic N) is 1. The van der Waals surface area contributed by atoms with Gasteiger partial charge in [0.1, 0.15) is 0 Å². The molecule has 0 unspecified atom stereocenters. The molecule has 3 nitrogen and oxygen atoms in total. The molecule has 2 saturated heterocycles. The maximum absolute atomic E-state index is 12.2. The zero-order chi connectivity index (χ0) is 12.5. The van der Waals surface area contributed by atoms with Crippen LogP contribution in [0.3, 0.4) is 0 Å². The van der Waals surface area contributed by atoms with E-state index in [4.69, 9.17) is 0 Å². The summed E-state index contributed by atoms with van der Waals surface area (Å²) in [6.07, 6.45) is 5.00. The van der Waals surface area contributed by atoms with Crippen molar-refractivity contribution < 1.29 is 4.79 Å². The molecule has 1 spiro atoms. The largest absolute Gasteiger partial charge is 0.342 e. The van der Waals surface area contributed by atoms with Gasteiger partial charge in [-0.2, -0.15) is 0 Å². The first kappa shape index (κ1) is 15.8. The number of carbonyl (C=O) groups excluding carboxylic acids is 1. The molecule has 0 aliphatic carbocycles. The molecule has 0 radical (unpaired) electrons. The fraction of sp³-hybridized carbons (Fsp3) is 0.929. The Balaban J connectivity index is 0.00000162. The molecule has 0 bridgehead atoms. The van der Waals surface area contributed by atoms with Crippen LogP contribution < -0.4 is 5.32 Å². The van der Waals surface area contributed by atoms with E-state index in [0.717, 1.165) is 26.2 Å². The van der Waals surface area contributed by atoms with Crippen LogP contribution in [-0.4, -0.2) is 37.0 Å². The van der Waals surface area contributed by atoms with Crippen molar-refractivity contribution in [3.63, 3.8) is 0 Å². The molecule has 0 aromatic rings. The van der Waals surface area contributed by atoms with Crippen molar-refractivity contribution in [1.29, 1.82) is 0 Å². The molecule has 18 heavy (non-hydrogen) atoms. The molecule has 0 atom stereocenters. The topological polar surface area (TPSA) is 32.3 Å². The second-order valence-electron chi connectivity index (χ2n) is 6.79. The number of nitrogens with one attached hydrogen (secondary N) is 1. The van der Waals surface area contributed by atoms with Gasteiger partial charge < -0.3 is 10.2 Å². The monoisotopic (exact) mass is 274 g/mol. The first-order valence-corrected chi connectivity index (χ1v) is 6.93. The molecule has 2 rings (SSSR count). The average molecular weight is 275 g/mol. The van der Waals surface area contributed by atoms with E-state index in [1.165, 1.54) is 25.7 Å². The van der Waals surface area contributed by atoms with Crippen LogP contribution in [0.25, 0.3) is 0 Å². The first-order valence-electron chi connectivity index (χ1n) is 6.93. The highest BCUT2D eigenvalue weighted by Gasteiger charge is 2.38. The van der Waals surface area contributed by atoms with Crippen LogP contribution in [0.2, 0.25) is 0 Å². The van der Waals surface area contributed by atoms with Gasteiger partial charge in [0.25, 0.3) is 0 Å². The zero-order valence-corrected chi connectivity index (χ0v) is 12.7. The summed E-state index contributed by atoms with van der Waals surface area (Å²) in [5, 5.41) is 3.43. The molecule has 4 heteroatoms. The Morgan fingerprint density at radius 1 is 1.06 bits per heavy atom. The molecule has 2 aliphatic heterocycles. The Hall–Kier alpha value is -0.280. The van der Waals surface area contributed by atoms with Gasteiger partial charge in [0.15, 0.2) is 0 Å². The summed E-state index contributed by atoms with van der Waals surface area (Å²) in [5.74, 6) is 0.321. The number of halogens is 1. The summed E-state index contributed by atoms with van der Waals surface area (Å²) in [4.78, 5) is 14.3. The Morgan fingerprint density at radius 2 is 1.56 bits per heavy atom. The highest BCUT2D eigenvalue weighted by molar-refractivity contribution is 5.85. The van der Waals surface area contributed by atoms with Gasteiger partial charge in [0.2, 0.25) is 5.91 Å². The summed E-state index contributed by atoms with van der Waals surface area (Å²) >= 11 is 0. The van der Waals surface area contributed by atoms with Crippen molar-refractivity contribution in [3.05, 3.63) is 0 Å². The van der Waals surface area contributed by atoms with Crippen molar-refractivity contribution in [2.24, 2.45) is 10.8 Å². The van der Waals surface area contributed by atoms with E-state index in [-0.39, 0.29) is 17.8 Å². The Morgan fingerprint density at radius 3 is 2.00 bits per heavy atom. The van der Waals surface area contributed by atoms with Crippen LogP contribution in [0.5, 0.6) is 0 Å². The van der Waals surface area contributed by atoms with Gasteiger partial charge in [-0.05, 0) is 44.2 Å². The van der Waals surface area contributed by atoms with Gasteiger partial charge in [-0.1, -0.05) is 20.8 Å². The fourth-order valence-electron chi connectivity index (χ4n) is 3.12. The van der Waals surface area contributed by atoms with E-state index in [2.05, 4.69) is 10.2 Å². The standard InChI is InChI=1S/C14H26N2O.ClH/c1-13(2,3)12(17)16-10-6-14(7-11-16)4-8-15-9-5-14;/h15H,4-11H2,1-3H3;1H. The van der Waals surface area contributed by atoms with E-state index in [1.807, 2.05) is 20.8 Å². The smallest absolute Gasteiger partial charge is 0.227 e. The summed E-state index contributed by atoms with van der Waals surface area (Å²) in [7, 11) is 0. The van der Waals surface area contributed by atoms with E-state index in [1.54, 1.807) is 0 Å². The fourth-order valence-corrected chi connectivity index (χ4v) is 3.12. The molecular formula is C14H27ClN2O. The molecule has 106 valence electrons. The molecule has 1 N–H and O–H groups in total. The number of hydrogen-bond donors (Lipinski definition) is 1. The summed E-state index contributed by atoms with van der Waals surface area (Å²) in [5.41, 5.74) is 0.318. The molecule has 0 aromatic heterocycles.